The number of rotatable bonds is 6. The summed E-state index contributed by atoms with van der Waals surface area (Å²) in [4.78, 5) is 11.3. The number of benzene rings is 1. The van der Waals surface area contributed by atoms with Crippen molar-refractivity contribution in [3.05, 3.63) is 23.8 Å². The smallest absolute Gasteiger partial charge is 0.310 e. The molecule has 1 saturated carbocycles. The van der Waals surface area contributed by atoms with E-state index in [1.54, 1.807) is 19.1 Å². The minimum atomic E-state index is -3.81. The van der Waals surface area contributed by atoms with Crippen LogP contribution >= 0.6 is 0 Å². The second-order valence-electron chi connectivity index (χ2n) is 5.42. The largest absolute Gasteiger partial charge is 0.495 e. The van der Waals surface area contributed by atoms with Crippen LogP contribution in [0.25, 0.3) is 0 Å². The molecule has 6 nitrogen and oxygen atoms in total. The van der Waals surface area contributed by atoms with Crippen LogP contribution in [-0.4, -0.2) is 33.1 Å². The van der Waals surface area contributed by atoms with E-state index in [-0.39, 0.29) is 17.2 Å². The first-order valence-corrected chi connectivity index (χ1v) is 8.17. The van der Waals surface area contributed by atoms with E-state index in [0.717, 1.165) is 12.0 Å². The zero-order valence-corrected chi connectivity index (χ0v) is 12.9. The highest BCUT2D eigenvalue weighted by Gasteiger charge is 2.45. The van der Waals surface area contributed by atoms with E-state index in [4.69, 9.17) is 4.74 Å². The van der Waals surface area contributed by atoms with E-state index < -0.39 is 21.4 Å². The van der Waals surface area contributed by atoms with Crippen molar-refractivity contribution in [3.63, 3.8) is 0 Å². The predicted molar refractivity (Wildman–Crippen MR) is 76.8 cm³/mol. The SMILES string of the molecule is COc1ccc(C)cc1S(=O)(=O)NCC1(C(=O)O)CCC1. The van der Waals surface area contributed by atoms with Crippen molar-refractivity contribution < 1.29 is 23.1 Å². The van der Waals surface area contributed by atoms with Gasteiger partial charge in [0.15, 0.2) is 0 Å². The monoisotopic (exact) mass is 313 g/mol. The van der Waals surface area contributed by atoms with Crippen molar-refractivity contribution in [2.45, 2.75) is 31.1 Å². The van der Waals surface area contributed by atoms with Crippen molar-refractivity contribution in [1.82, 2.24) is 4.72 Å². The molecule has 0 heterocycles. The van der Waals surface area contributed by atoms with Gasteiger partial charge in [0, 0.05) is 6.54 Å². The molecule has 1 aliphatic rings. The predicted octanol–water partition coefficient (Wildman–Crippen LogP) is 1.54. The van der Waals surface area contributed by atoms with Gasteiger partial charge in [-0.15, -0.1) is 0 Å². The van der Waals surface area contributed by atoms with E-state index in [1.807, 2.05) is 0 Å². The van der Waals surface area contributed by atoms with Crippen molar-refractivity contribution in [2.24, 2.45) is 5.41 Å². The molecule has 7 heteroatoms. The van der Waals surface area contributed by atoms with Crippen LogP contribution in [0.3, 0.4) is 0 Å². The number of hydrogen-bond acceptors (Lipinski definition) is 4. The van der Waals surface area contributed by atoms with Gasteiger partial charge in [0.2, 0.25) is 10.0 Å². The standard InChI is InChI=1S/C14H19NO5S/c1-10-4-5-11(20-2)12(8-10)21(18,19)15-9-14(13(16)17)6-3-7-14/h4-5,8,15H,3,6-7,9H2,1-2H3,(H,16,17). The molecule has 0 saturated heterocycles. The summed E-state index contributed by atoms with van der Waals surface area (Å²) < 4.78 is 32.3. The van der Waals surface area contributed by atoms with Gasteiger partial charge in [-0.1, -0.05) is 12.5 Å². The Labute approximate surface area is 124 Å². The van der Waals surface area contributed by atoms with Crippen molar-refractivity contribution in [1.29, 1.82) is 0 Å². The quantitative estimate of drug-likeness (QED) is 0.831. The van der Waals surface area contributed by atoms with E-state index in [0.29, 0.717) is 12.8 Å². The molecule has 1 aromatic carbocycles. The van der Waals surface area contributed by atoms with Crippen LogP contribution in [0.4, 0.5) is 0 Å². The summed E-state index contributed by atoms with van der Waals surface area (Å²) in [5.41, 5.74) is -0.183. The summed E-state index contributed by atoms with van der Waals surface area (Å²) in [6, 6.07) is 4.85. The van der Waals surface area contributed by atoms with Crippen LogP contribution in [-0.2, 0) is 14.8 Å². The molecule has 0 unspecified atom stereocenters. The topological polar surface area (TPSA) is 92.7 Å². The number of ether oxygens (including phenoxy) is 1. The second kappa shape index (κ2) is 5.65. The van der Waals surface area contributed by atoms with Gasteiger partial charge in [0.1, 0.15) is 10.6 Å². The van der Waals surface area contributed by atoms with Crippen LogP contribution in [0.5, 0.6) is 5.75 Å². The Morgan fingerprint density at radius 2 is 2.10 bits per heavy atom. The minimum Gasteiger partial charge on any atom is -0.495 e. The highest BCUT2D eigenvalue weighted by Crippen LogP contribution is 2.41. The molecule has 2 rings (SSSR count). The summed E-state index contributed by atoms with van der Waals surface area (Å²) in [6.45, 7) is 1.69. The first kappa shape index (κ1) is 15.8. The normalized spacial score (nSPS) is 17.0. The average Bonchev–Trinajstić information content (AvgIpc) is 2.36. The molecule has 1 aromatic rings. The van der Waals surface area contributed by atoms with Crippen LogP contribution in [0, 0.1) is 12.3 Å². The van der Waals surface area contributed by atoms with Crippen LogP contribution in [0.2, 0.25) is 0 Å². The molecule has 2 N–H and O–H groups in total. The van der Waals surface area contributed by atoms with E-state index in [2.05, 4.69) is 4.72 Å². The van der Waals surface area contributed by atoms with Crippen molar-refractivity contribution >= 4 is 16.0 Å². The molecular formula is C14H19NO5S. The lowest BCUT2D eigenvalue weighted by Crippen LogP contribution is -2.47. The van der Waals surface area contributed by atoms with Crippen LogP contribution < -0.4 is 9.46 Å². The number of nitrogens with one attached hydrogen (secondary N) is 1. The van der Waals surface area contributed by atoms with Gasteiger partial charge < -0.3 is 9.84 Å². The van der Waals surface area contributed by atoms with E-state index >= 15 is 0 Å². The number of aliphatic carboxylic acids is 1. The second-order valence-corrected chi connectivity index (χ2v) is 7.15. The van der Waals surface area contributed by atoms with Gasteiger partial charge in [-0.25, -0.2) is 13.1 Å². The highest BCUT2D eigenvalue weighted by molar-refractivity contribution is 7.89. The summed E-state index contributed by atoms with van der Waals surface area (Å²) in [6.07, 6.45) is 1.80. The van der Waals surface area contributed by atoms with Gasteiger partial charge in [0.05, 0.1) is 12.5 Å². The molecule has 0 bridgehead atoms. The Kier molecular flexibility index (Phi) is 4.25. The number of carbonyl (C=O) groups is 1. The fourth-order valence-corrected chi connectivity index (χ4v) is 3.75. The third kappa shape index (κ3) is 3.03. The fraction of sp³-hybridized carbons (Fsp3) is 0.500. The van der Waals surface area contributed by atoms with E-state index in [1.165, 1.54) is 13.2 Å². The molecule has 0 amide bonds. The highest BCUT2D eigenvalue weighted by atomic mass is 32.2. The zero-order valence-electron chi connectivity index (χ0n) is 12.0. The molecule has 1 aliphatic carbocycles. The maximum atomic E-state index is 12.4. The van der Waals surface area contributed by atoms with Gasteiger partial charge in [0.25, 0.3) is 0 Å². The molecule has 1 fully saturated rings. The van der Waals surface area contributed by atoms with Gasteiger partial charge in [-0.2, -0.15) is 0 Å². The molecule has 0 atom stereocenters. The van der Waals surface area contributed by atoms with Gasteiger partial charge in [-0.05, 0) is 37.5 Å². The first-order valence-electron chi connectivity index (χ1n) is 6.68. The Bertz CT molecular complexity index is 649. The molecule has 0 radical (unpaired) electrons. The van der Waals surface area contributed by atoms with Crippen molar-refractivity contribution in [2.75, 3.05) is 13.7 Å². The van der Waals surface area contributed by atoms with Crippen LogP contribution in [0.15, 0.2) is 23.1 Å². The summed E-state index contributed by atoms with van der Waals surface area (Å²) in [5, 5.41) is 9.24. The lowest BCUT2D eigenvalue weighted by atomic mass is 9.69. The Morgan fingerprint density at radius 3 is 2.57 bits per heavy atom. The number of hydrogen-bond donors (Lipinski definition) is 2. The average molecular weight is 313 g/mol. The Morgan fingerprint density at radius 1 is 1.43 bits per heavy atom. The van der Waals surface area contributed by atoms with Crippen molar-refractivity contribution in [3.8, 4) is 5.75 Å². The van der Waals surface area contributed by atoms with Gasteiger partial charge in [-0.3, -0.25) is 4.79 Å². The van der Waals surface area contributed by atoms with Gasteiger partial charge >= 0.3 is 5.97 Å². The third-order valence-electron chi connectivity index (χ3n) is 3.97. The maximum absolute atomic E-state index is 12.4. The third-order valence-corrected chi connectivity index (χ3v) is 5.40. The number of carboxylic acids is 1. The number of aryl methyl sites for hydroxylation is 1. The molecule has 0 aliphatic heterocycles. The summed E-state index contributed by atoms with van der Waals surface area (Å²) in [7, 11) is -2.41. The molecule has 0 aromatic heterocycles. The Hall–Kier alpha value is -1.60. The zero-order chi connectivity index (χ0) is 15.7. The van der Waals surface area contributed by atoms with Crippen LogP contribution in [0.1, 0.15) is 24.8 Å². The maximum Gasteiger partial charge on any atom is 0.310 e. The number of methoxy groups -OCH3 is 1. The molecule has 0 spiro atoms. The summed E-state index contributed by atoms with van der Waals surface area (Å²) >= 11 is 0. The lowest BCUT2D eigenvalue weighted by Gasteiger charge is -2.37. The number of carboxylic acid groups (broad SMARTS) is 1. The molecule has 21 heavy (non-hydrogen) atoms. The lowest BCUT2D eigenvalue weighted by molar-refractivity contribution is -0.153. The Balaban J connectivity index is 2.23. The number of sulfonamides is 1. The summed E-state index contributed by atoms with van der Waals surface area (Å²) in [5.74, 6) is -0.709. The molecule has 116 valence electrons. The minimum absolute atomic E-state index is 0.0323. The fourth-order valence-electron chi connectivity index (χ4n) is 2.37. The van der Waals surface area contributed by atoms with E-state index in [9.17, 15) is 18.3 Å². The first-order chi connectivity index (χ1) is 9.81. The molecular weight excluding hydrogens is 294 g/mol.